The molecule has 3 aliphatic rings. The molecular weight excluding hydrogens is 378 g/mol. The van der Waals surface area contributed by atoms with Crippen LogP contribution in [0.3, 0.4) is 0 Å². The summed E-state index contributed by atoms with van der Waals surface area (Å²) in [5.41, 5.74) is 6.20. The minimum atomic E-state index is -0.0968. The zero-order valence-electron chi connectivity index (χ0n) is 16.6. The third kappa shape index (κ3) is 2.89. The smallest absolute Gasteiger partial charge is 0.228 e. The van der Waals surface area contributed by atoms with Crippen LogP contribution in [0.1, 0.15) is 47.9 Å². The molecule has 0 heterocycles. The lowest BCUT2D eigenvalue weighted by molar-refractivity contribution is -0.123. The summed E-state index contributed by atoms with van der Waals surface area (Å²) >= 11 is 6.01. The van der Waals surface area contributed by atoms with Gasteiger partial charge in [-0.05, 0) is 58.4 Å². The summed E-state index contributed by atoms with van der Waals surface area (Å²) in [6.07, 6.45) is 0. The summed E-state index contributed by atoms with van der Waals surface area (Å²) in [6, 6.07) is 24.7. The van der Waals surface area contributed by atoms with Gasteiger partial charge in [-0.2, -0.15) is 0 Å². The van der Waals surface area contributed by atoms with Crippen molar-refractivity contribution in [3.05, 3.63) is 100 Å². The first kappa shape index (κ1) is 18.4. The second kappa shape index (κ2) is 7.03. The van der Waals surface area contributed by atoms with Crippen molar-refractivity contribution in [1.82, 2.24) is 0 Å². The molecule has 0 unspecified atom stereocenters. The summed E-state index contributed by atoms with van der Waals surface area (Å²) in [7, 11) is 0. The quantitative estimate of drug-likeness (QED) is 0.536. The molecule has 2 atom stereocenters. The number of rotatable bonds is 3. The zero-order valence-corrected chi connectivity index (χ0v) is 17.4. The first-order valence-corrected chi connectivity index (χ1v) is 10.7. The number of carbonyl (C=O) groups excluding carboxylic acids is 1. The van der Waals surface area contributed by atoms with E-state index in [2.05, 4.69) is 67.7 Å². The molecule has 3 aromatic carbocycles. The molecule has 0 saturated carbocycles. The molecule has 0 aromatic heterocycles. The van der Waals surface area contributed by atoms with Gasteiger partial charge in [0.1, 0.15) is 0 Å². The Morgan fingerprint density at radius 3 is 1.76 bits per heavy atom. The minimum absolute atomic E-state index is 0.0899. The number of fused-ring (bicyclic) bond motifs is 1. The van der Waals surface area contributed by atoms with Gasteiger partial charge in [-0.25, -0.2) is 0 Å². The molecule has 3 aromatic rings. The van der Waals surface area contributed by atoms with E-state index in [4.69, 9.17) is 11.6 Å². The molecule has 1 amide bonds. The Morgan fingerprint density at radius 1 is 0.793 bits per heavy atom. The molecule has 146 valence electrons. The molecule has 2 nitrogen and oxygen atoms in total. The molecule has 0 radical (unpaired) electrons. The van der Waals surface area contributed by atoms with E-state index in [9.17, 15) is 4.79 Å². The molecule has 2 bridgehead atoms. The van der Waals surface area contributed by atoms with Crippen LogP contribution in [-0.2, 0) is 4.79 Å². The normalized spacial score (nSPS) is 24.1. The van der Waals surface area contributed by atoms with Crippen molar-refractivity contribution in [2.24, 2.45) is 17.8 Å². The lowest BCUT2D eigenvalue weighted by Crippen LogP contribution is -2.47. The maximum atomic E-state index is 13.6. The highest BCUT2D eigenvalue weighted by atomic mass is 35.5. The molecule has 0 saturated heterocycles. The molecular formula is C26H24ClNO. The lowest BCUT2D eigenvalue weighted by Gasteiger charge is -2.51. The first-order valence-electron chi connectivity index (χ1n) is 10.3. The van der Waals surface area contributed by atoms with Gasteiger partial charge in [-0.3, -0.25) is 4.79 Å². The Kier molecular flexibility index (Phi) is 4.48. The number of hydrogen-bond donors (Lipinski definition) is 1. The Bertz CT molecular complexity index is 1020. The van der Waals surface area contributed by atoms with Crippen molar-refractivity contribution in [3.8, 4) is 0 Å². The average Bonchev–Trinajstić information content (AvgIpc) is 2.74. The maximum absolute atomic E-state index is 13.6. The fraction of sp³-hybridized carbons (Fsp3) is 0.269. The zero-order chi connectivity index (χ0) is 20.1. The fourth-order valence-electron chi connectivity index (χ4n) is 5.61. The van der Waals surface area contributed by atoms with Crippen molar-refractivity contribution >= 4 is 23.2 Å². The fourth-order valence-corrected chi connectivity index (χ4v) is 5.73. The van der Waals surface area contributed by atoms with Crippen LogP contribution in [-0.4, -0.2) is 5.91 Å². The maximum Gasteiger partial charge on any atom is 0.228 e. The van der Waals surface area contributed by atoms with Crippen molar-refractivity contribution in [3.63, 3.8) is 0 Å². The Labute approximate surface area is 176 Å². The molecule has 29 heavy (non-hydrogen) atoms. The van der Waals surface area contributed by atoms with Crippen LogP contribution in [0, 0.1) is 17.8 Å². The van der Waals surface area contributed by atoms with Gasteiger partial charge >= 0.3 is 0 Å². The van der Waals surface area contributed by atoms with Crippen LogP contribution in [0.2, 0.25) is 5.02 Å². The summed E-state index contributed by atoms with van der Waals surface area (Å²) in [6.45, 7) is 4.50. The van der Waals surface area contributed by atoms with Crippen molar-refractivity contribution in [2.45, 2.75) is 25.7 Å². The molecule has 0 aliphatic heterocycles. The molecule has 0 spiro atoms. The van der Waals surface area contributed by atoms with Crippen LogP contribution in [0.5, 0.6) is 0 Å². The van der Waals surface area contributed by atoms with E-state index in [0.717, 1.165) is 5.69 Å². The van der Waals surface area contributed by atoms with Gasteiger partial charge in [0.2, 0.25) is 5.91 Å². The van der Waals surface area contributed by atoms with Crippen molar-refractivity contribution in [2.75, 3.05) is 5.32 Å². The molecule has 0 fully saturated rings. The largest absolute Gasteiger partial charge is 0.326 e. The van der Waals surface area contributed by atoms with E-state index in [1.807, 2.05) is 24.3 Å². The molecule has 3 aliphatic carbocycles. The van der Waals surface area contributed by atoms with Gasteiger partial charge in [0.15, 0.2) is 0 Å². The van der Waals surface area contributed by atoms with Gasteiger partial charge < -0.3 is 5.32 Å². The van der Waals surface area contributed by atoms with E-state index < -0.39 is 0 Å². The highest BCUT2D eigenvalue weighted by molar-refractivity contribution is 6.30. The second-order valence-electron chi connectivity index (χ2n) is 8.56. The number of hydrogen-bond acceptors (Lipinski definition) is 1. The van der Waals surface area contributed by atoms with Gasteiger partial charge in [-0.1, -0.05) is 74.0 Å². The average molecular weight is 402 g/mol. The van der Waals surface area contributed by atoms with Crippen molar-refractivity contribution < 1.29 is 4.79 Å². The first-order chi connectivity index (χ1) is 14.1. The molecule has 1 N–H and O–H groups in total. The predicted octanol–water partition coefficient (Wildman–Crippen LogP) is 6.46. The molecule has 6 rings (SSSR count). The van der Waals surface area contributed by atoms with E-state index in [-0.39, 0.29) is 29.6 Å². The highest BCUT2D eigenvalue weighted by Crippen LogP contribution is 2.60. The van der Waals surface area contributed by atoms with Crippen molar-refractivity contribution in [1.29, 1.82) is 0 Å². The Hall–Kier alpha value is -2.58. The number of halogens is 1. The van der Waals surface area contributed by atoms with E-state index >= 15 is 0 Å². The SMILES string of the molecule is CC(C)[C@H]1C2c3ccccc3C(c3ccccc32)[C@@H]1C(=O)Nc1ccc(Cl)cc1. The van der Waals surface area contributed by atoms with Crippen LogP contribution < -0.4 is 5.32 Å². The van der Waals surface area contributed by atoms with E-state index in [1.54, 1.807) is 0 Å². The second-order valence-corrected chi connectivity index (χ2v) is 8.99. The van der Waals surface area contributed by atoms with E-state index in [1.165, 1.54) is 22.3 Å². The Morgan fingerprint density at radius 2 is 1.28 bits per heavy atom. The topological polar surface area (TPSA) is 29.1 Å². The number of anilines is 1. The predicted molar refractivity (Wildman–Crippen MR) is 118 cm³/mol. The summed E-state index contributed by atoms with van der Waals surface area (Å²) < 4.78 is 0. The number of amides is 1. The summed E-state index contributed by atoms with van der Waals surface area (Å²) in [5.74, 6) is 1.01. The Balaban J connectivity index is 1.63. The van der Waals surface area contributed by atoms with Gasteiger partial charge in [0.05, 0.1) is 5.92 Å². The number of benzene rings is 3. The van der Waals surface area contributed by atoms with Crippen LogP contribution in [0.15, 0.2) is 72.8 Å². The lowest BCUT2D eigenvalue weighted by atomic mass is 9.52. The van der Waals surface area contributed by atoms with E-state index in [0.29, 0.717) is 10.9 Å². The van der Waals surface area contributed by atoms with Gasteiger partial charge in [0.25, 0.3) is 0 Å². The number of nitrogens with one attached hydrogen (secondary N) is 1. The van der Waals surface area contributed by atoms with Gasteiger partial charge in [0, 0.05) is 22.5 Å². The van der Waals surface area contributed by atoms with Gasteiger partial charge in [-0.15, -0.1) is 0 Å². The third-order valence-electron chi connectivity index (χ3n) is 6.68. The van der Waals surface area contributed by atoms with Crippen LogP contribution in [0.25, 0.3) is 0 Å². The summed E-state index contributed by atoms with van der Waals surface area (Å²) in [5, 5.41) is 3.84. The third-order valence-corrected chi connectivity index (χ3v) is 6.93. The monoisotopic (exact) mass is 401 g/mol. The number of carbonyl (C=O) groups is 1. The standard InChI is InChI=1S/C26H24ClNO/c1-15(2)22-23-18-7-3-5-9-20(18)24(21-10-6-4-8-19(21)23)25(22)26(29)28-17-13-11-16(27)12-14-17/h3-15,22-25H,1-2H3,(H,28,29)/t22-,23?,24?,25+/m0/s1. The van der Waals surface area contributed by atoms with Crippen LogP contribution in [0.4, 0.5) is 5.69 Å². The molecule has 3 heteroatoms. The van der Waals surface area contributed by atoms with Crippen LogP contribution >= 0.6 is 11.6 Å². The highest BCUT2D eigenvalue weighted by Gasteiger charge is 2.53. The minimum Gasteiger partial charge on any atom is -0.326 e. The summed E-state index contributed by atoms with van der Waals surface area (Å²) in [4.78, 5) is 13.6.